The molecular formula is C14H19ClIN3. The molecule has 3 rings (SSSR count). The van der Waals surface area contributed by atoms with Crippen LogP contribution in [0.5, 0.6) is 0 Å². The van der Waals surface area contributed by atoms with Crippen molar-refractivity contribution in [3.63, 3.8) is 0 Å². The molecule has 0 aliphatic carbocycles. The van der Waals surface area contributed by atoms with Crippen LogP contribution in [0.25, 0.3) is 0 Å². The molecular weight excluding hydrogens is 373 g/mol. The van der Waals surface area contributed by atoms with Gasteiger partial charge in [-0.15, -0.1) is 0 Å². The SMILES string of the molecule is CCc1nc(C2CC3CCC(C2)N3C)nc(Cl)c1I. The fourth-order valence-corrected chi connectivity index (χ4v) is 4.34. The Morgan fingerprint density at radius 3 is 2.47 bits per heavy atom. The Balaban J connectivity index is 1.89. The van der Waals surface area contributed by atoms with Gasteiger partial charge in [0.2, 0.25) is 0 Å². The van der Waals surface area contributed by atoms with Crippen molar-refractivity contribution >= 4 is 34.2 Å². The minimum absolute atomic E-state index is 0.494. The van der Waals surface area contributed by atoms with Crippen molar-refractivity contribution in [3.8, 4) is 0 Å². The normalized spacial score (nSPS) is 30.8. The van der Waals surface area contributed by atoms with E-state index in [9.17, 15) is 0 Å². The second-order valence-corrected chi connectivity index (χ2v) is 7.14. The van der Waals surface area contributed by atoms with Crippen molar-refractivity contribution in [1.82, 2.24) is 14.9 Å². The summed E-state index contributed by atoms with van der Waals surface area (Å²) in [5.41, 5.74) is 1.10. The highest BCUT2D eigenvalue weighted by Gasteiger charge is 2.40. The van der Waals surface area contributed by atoms with Gasteiger partial charge in [0, 0.05) is 18.0 Å². The molecule has 0 N–H and O–H groups in total. The molecule has 2 aliphatic heterocycles. The average molecular weight is 392 g/mol. The van der Waals surface area contributed by atoms with E-state index >= 15 is 0 Å². The third-order valence-electron chi connectivity index (χ3n) is 4.69. The molecule has 0 aromatic carbocycles. The molecule has 2 atom stereocenters. The molecule has 2 bridgehead atoms. The van der Waals surface area contributed by atoms with Gasteiger partial charge in [-0.1, -0.05) is 18.5 Å². The van der Waals surface area contributed by atoms with E-state index in [1.165, 1.54) is 25.7 Å². The summed E-state index contributed by atoms with van der Waals surface area (Å²) in [6, 6.07) is 1.44. The molecule has 5 heteroatoms. The molecule has 0 radical (unpaired) electrons. The topological polar surface area (TPSA) is 29.0 Å². The molecule has 2 saturated heterocycles. The van der Waals surface area contributed by atoms with E-state index in [1.54, 1.807) is 0 Å². The molecule has 2 unspecified atom stereocenters. The van der Waals surface area contributed by atoms with Gasteiger partial charge in [-0.25, -0.2) is 9.97 Å². The van der Waals surface area contributed by atoms with Crippen molar-refractivity contribution in [2.45, 2.75) is 57.0 Å². The zero-order valence-corrected chi connectivity index (χ0v) is 14.3. The summed E-state index contributed by atoms with van der Waals surface area (Å²) in [6.07, 6.45) is 5.96. The van der Waals surface area contributed by atoms with Crippen LogP contribution in [0.1, 0.15) is 50.0 Å². The van der Waals surface area contributed by atoms with Gasteiger partial charge in [-0.05, 0) is 61.7 Å². The Labute approximate surface area is 133 Å². The number of piperidine rings is 1. The van der Waals surface area contributed by atoms with Gasteiger partial charge in [0.25, 0.3) is 0 Å². The molecule has 0 spiro atoms. The second-order valence-electron chi connectivity index (χ2n) is 5.71. The van der Waals surface area contributed by atoms with Crippen LogP contribution in [0.3, 0.4) is 0 Å². The van der Waals surface area contributed by atoms with Crippen LogP contribution >= 0.6 is 34.2 Å². The maximum atomic E-state index is 6.27. The van der Waals surface area contributed by atoms with Crippen LogP contribution in [0.2, 0.25) is 5.15 Å². The van der Waals surface area contributed by atoms with Crippen LogP contribution in [0, 0.1) is 3.57 Å². The Kier molecular flexibility index (Phi) is 4.02. The Morgan fingerprint density at radius 1 is 1.26 bits per heavy atom. The van der Waals surface area contributed by atoms with E-state index < -0.39 is 0 Å². The van der Waals surface area contributed by atoms with E-state index in [4.69, 9.17) is 16.6 Å². The number of nitrogens with zero attached hydrogens (tertiary/aromatic N) is 3. The Bertz CT molecular complexity index is 480. The van der Waals surface area contributed by atoms with Crippen molar-refractivity contribution in [1.29, 1.82) is 0 Å². The molecule has 3 heterocycles. The molecule has 0 amide bonds. The highest BCUT2D eigenvalue weighted by Crippen LogP contribution is 2.41. The molecule has 0 saturated carbocycles. The predicted octanol–water partition coefficient (Wildman–Crippen LogP) is 3.64. The minimum Gasteiger partial charge on any atom is -0.300 e. The predicted molar refractivity (Wildman–Crippen MR) is 85.7 cm³/mol. The minimum atomic E-state index is 0.494. The van der Waals surface area contributed by atoms with Crippen LogP contribution in [0.15, 0.2) is 0 Å². The van der Waals surface area contributed by atoms with Crippen LogP contribution in [-0.4, -0.2) is 34.0 Å². The first kappa shape index (κ1) is 14.0. The monoisotopic (exact) mass is 391 g/mol. The highest BCUT2D eigenvalue weighted by atomic mass is 127. The zero-order chi connectivity index (χ0) is 13.6. The molecule has 1 aromatic rings. The molecule has 104 valence electrons. The fourth-order valence-electron chi connectivity index (χ4n) is 3.52. The Hall–Kier alpha value is 0.0600. The number of hydrogen-bond acceptors (Lipinski definition) is 3. The molecule has 2 aliphatic rings. The molecule has 19 heavy (non-hydrogen) atoms. The van der Waals surface area contributed by atoms with Crippen molar-refractivity contribution in [2.75, 3.05) is 7.05 Å². The van der Waals surface area contributed by atoms with Gasteiger partial charge in [-0.2, -0.15) is 0 Å². The number of rotatable bonds is 2. The largest absolute Gasteiger partial charge is 0.300 e. The summed E-state index contributed by atoms with van der Waals surface area (Å²) < 4.78 is 1.02. The first-order chi connectivity index (χ1) is 9.10. The van der Waals surface area contributed by atoms with Gasteiger partial charge in [0.15, 0.2) is 0 Å². The molecule has 3 nitrogen and oxygen atoms in total. The second kappa shape index (κ2) is 5.45. The lowest BCUT2D eigenvalue weighted by molar-refractivity contribution is 0.158. The van der Waals surface area contributed by atoms with E-state index in [1.807, 2.05) is 0 Å². The number of aromatic nitrogens is 2. The summed E-state index contributed by atoms with van der Waals surface area (Å²) in [5.74, 6) is 1.47. The average Bonchev–Trinajstić information content (AvgIpc) is 2.64. The van der Waals surface area contributed by atoms with E-state index in [0.29, 0.717) is 11.1 Å². The zero-order valence-electron chi connectivity index (χ0n) is 11.4. The van der Waals surface area contributed by atoms with Crippen LogP contribution in [0.4, 0.5) is 0 Å². The lowest BCUT2D eigenvalue weighted by atomic mass is 9.90. The first-order valence-electron chi connectivity index (χ1n) is 7.03. The van der Waals surface area contributed by atoms with Crippen molar-refractivity contribution in [3.05, 3.63) is 20.2 Å². The van der Waals surface area contributed by atoms with E-state index in [2.05, 4.69) is 46.4 Å². The third kappa shape index (κ3) is 2.51. The number of halogens is 2. The summed E-state index contributed by atoms with van der Waals surface area (Å²) >= 11 is 8.52. The van der Waals surface area contributed by atoms with Gasteiger partial charge in [0.1, 0.15) is 11.0 Å². The first-order valence-corrected chi connectivity index (χ1v) is 8.49. The van der Waals surface area contributed by atoms with Crippen LogP contribution in [-0.2, 0) is 6.42 Å². The summed E-state index contributed by atoms with van der Waals surface area (Å²) in [6.45, 7) is 2.13. The van der Waals surface area contributed by atoms with Crippen molar-refractivity contribution in [2.24, 2.45) is 0 Å². The standard InChI is InChI=1S/C14H19ClIN3/c1-3-11-12(16)13(15)18-14(17-11)8-6-9-4-5-10(7-8)19(9)2/h8-10H,3-7H2,1-2H3. The van der Waals surface area contributed by atoms with Gasteiger partial charge in [-0.3, -0.25) is 0 Å². The number of fused-ring (bicyclic) bond motifs is 2. The van der Waals surface area contributed by atoms with Crippen molar-refractivity contribution < 1.29 is 0 Å². The number of hydrogen-bond donors (Lipinski definition) is 0. The lowest BCUT2D eigenvalue weighted by Gasteiger charge is -2.35. The molecule has 1 aromatic heterocycles. The Morgan fingerprint density at radius 2 is 1.89 bits per heavy atom. The maximum Gasteiger partial charge on any atom is 0.146 e. The summed E-state index contributed by atoms with van der Waals surface area (Å²) in [5, 5.41) is 0.633. The maximum absolute atomic E-state index is 6.27. The number of aryl methyl sites for hydroxylation is 1. The molecule has 2 fully saturated rings. The third-order valence-corrected chi connectivity index (χ3v) is 6.42. The van der Waals surface area contributed by atoms with Crippen LogP contribution < -0.4 is 0 Å². The summed E-state index contributed by atoms with van der Waals surface area (Å²) in [7, 11) is 2.26. The smallest absolute Gasteiger partial charge is 0.146 e. The fraction of sp³-hybridized carbons (Fsp3) is 0.714. The van der Waals surface area contributed by atoms with E-state index in [0.717, 1.165) is 33.6 Å². The van der Waals surface area contributed by atoms with Gasteiger partial charge >= 0.3 is 0 Å². The highest BCUT2D eigenvalue weighted by molar-refractivity contribution is 14.1. The van der Waals surface area contributed by atoms with Gasteiger partial charge in [0.05, 0.1) is 9.26 Å². The quantitative estimate of drug-likeness (QED) is 0.569. The summed E-state index contributed by atoms with van der Waals surface area (Å²) in [4.78, 5) is 11.9. The van der Waals surface area contributed by atoms with E-state index in [-0.39, 0.29) is 0 Å². The lowest BCUT2D eigenvalue weighted by Crippen LogP contribution is -2.39. The van der Waals surface area contributed by atoms with Gasteiger partial charge < -0.3 is 4.90 Å².